The van der Waals surface area contributed by atoms with Crippen LogP contribution in [-0.2, 0) is 20.8 Å². The lowest BCUT2D eigenvalue weighted by molar-refractivity contribution is -0.108. The molecule has 1 aromatic rings. The van der Waals surface area contributed by atoms with E-state index in [0.717, 1.165) is 6.42 Å². The van der Waals surface area contributed by atoms with Crippen molar-refractivity contribution in [2.45, 2.75) is 26.2 Å². The molecule has 1 aromatic heterocycles. The number of rotatable bonds is 7. The molecule has 5 nitrogen and oxygen atoms in total. The molecule has 0 unspecified atom stereocenters. The maximum absolute atomic E-state index is 5.36. The van der Waals surface area contributed by atoms with Gasteiger partial charge in [-0.2, -0.15) is 0 Å². The largest absolute Gasteiger partial charge is 0.373 e. The first-order chi connectivity index (χ1) is 7.81. The van der Waals surface area contributed by atoms with E-state index in [0.29, 0.717) is 24.7 Å². The maximum Gasteiger partial charge on any atom is 0.200 e. The fourth-order valence-electron chi connectivity index (χ4n) is 1.26. The second-order valence-electron chi connectivity index (χ2n) is 3.25. The van der Waals surface area contributed by atoms with E-state index in [9.17, 15) is 0 Å². The first-order valence-electron chi connectivity index (χ1n) is 5.27. The number of methoxy groups -OCH3 is 2. The van der Waals surface area contributed by atoms with Crippen LogP contribution in [0.2, 0.25) is 0 Å². The molecule has 0 atom stereocenters. The molecule has 0 aliphatic heterocycles. The predicted octanol–water partition coefficient (Wildman–Crippen LogP) is 1.69. The summed E-state index contributed by atoms with van der Waals surface area (Å²) in [6.07, 6.45) is 2.21. The van der Waals surface area contributed by atoms with Crippen molar-refractivity contribution < 1.29 is 14.2 Å². The third-order valence-corrected chi connectivity index (χ3v) is 1.98. The van der Waals surface area contributed by atoms with E-state index in [1.165, 1.54) is 0 Å². The Morgan fingerprint density at radius 2 is 2.06 bits per heavy atom. The van der Waals surface area contributed by atoms with E-state index in [1.807, 2.05) is 0 Å². The van der Waals surface area contributed by atoms with E-state index in [4.69, 9.17) is 14.2 Å². The third-order valence-electron chi connectivity index (χ3n) is 1.98. The number of aromatic nitrogens is 2. The van der Waals surface area contributed by atoms with Crippen LogP contribution < -0.4 is 0 Å². The van der Waals surface area contributed by atoms with Gasteiger partial charge in [-0.05, 0) is 12.5 Å². The Morgan fingerprint density at radius 1 is 1.31 bits per heavy atom. The number of nitrogens with zero attached hydrogens (tertiary/aromatic N) is 2. The molecule has 0 fully saturated rings. The van der Waals surface area contributed by atoms with E-state index in [2.05, 4.69) is 16.9 Å². The van der Waals surface area contributed by atoms with Gasteiger partial charge in [-0.3, -0.25) is 0 Å². The zero-order valence-electron chi connectivity index (χ0n) is 9.97. The van der Waals surface area contributed by atoms with Crippen LogP contribution in [0.5, 0.6) is 0 Å². The molecule has 0 amide bonds. The molecule has 90 valence electrons. The van der Waals surface area contributed by atoms with E-state index in [-0.39, 0.29) is 0 Å². The van der Waals surface area contributed by atoms with Crippen molar-refractivity contribution in [3.63, 3.8) is 0 Å². The summed E-state index contributed by atoms with van der Waals surface area (Å²) in [7, 11) is 3.15. The summed E-state index contributed by atoms with van der Waals surface area (Å²) in [5, 5.41) is 0. The minimum Gasteiger partial charge on any atom is -0.373 e. The Hall–Kier alpha value is -1.04. The standard InChI is InChI=1S/C11H18N2O3/c1-4-7-16-8-10-12-6-5-9(13-10)11(14-2)15-3/h5-6,11H,4,7-8H2,1-3H3. The average Bonchev–Trinajstić information content (AvgIpc) is 2.32. The number of hydrogen-bond acceptors (Lipinski definition) is 5. The van der Waals surface area contributed by atoms with Crippen molar-refractivity contribution in [3.05, 3.63) is 23.8 Å². The first kappa shape index (κ1) is 13.0. The van der Waals surface area contributed by atoms with Gasteiger partial charge in [0.05, 0.1) is 0 Å². The van der Waals surface area contributed by atoms with Crippen molar-refractivity contribution in [1.29, 1.82) is 0 Å². The van der Waals surface area contributed by atoms with E-state index >= 15 is 0 Å². The number of ether oxygens (including phenoxy) is 3. The Kier molecular flexibility index (Phi) is 5.92. The minimum absolute atomic E-state index is 0.418. The highest BCUT2D eigenvalue weighted by Gasteiger charge is 2.11. The molecular weight excluding hydrogens is 208 g/mol. The van der Waals surface area contributed by atoms with Gasteiger partial charge in [0.1, 0.15) is 12.3 Å². The Morgan fingerprint density at radius 3 is 2.69 bits per heavy atom. The van der Waals surface area contributed by atoms with Gasteiger partial charge in [0.15, 0.2) is 5.82 Å². The first-order valence-corrected chi connectivity index (χ1v) is 5.27. The van der Waals surface area contributed by atoms with Crippen LogP contribution in [0, 0.1) is 0 Å². The van der Waals surface area contributed by atoms with Crippen molar-refractivity contribution in [2.75, 3.05) is 20.8 Å². The molecule has 0 N–H and O–H groups in total. The quantitative estimate of drug-likeness (QED) is 0.523. The molecule has 0 saturated heterocycles. The molecule has 0 radical (unpaired) electrons. The van der Waals surface area contributed by atoms with Crippen LogP contribution in [0.1, 0.15) is 31.2 Å². The van der Waals surface area contributed by atoms with Gasteiger partial charge in [-0.15, -0.1) is 0 Å². The second kappa shape index (κ2) is 7.27. The lowest BCUT2D eigenvalue weighted by atomic mass is 10.4. The van der Waals surface area contributed by atoms with Crippen LogP contribution in [0.4, 0.5) is 0 Å². The summed E-state index contributed by atoms with van der Waals surface area (Å²) in [5.74, 6) is 0.644. The van der Waals surface area contributed by atoms with Crippen molar-refractivity contribution in [1.82, 2.24) is 9.97 Å². The van der Waals surface area contributed by atoms with Crippen LogP contribution in [-0.4, -0.2) is 30.8 Å². The van der Waals surface area contributed by atoms with Crippen molar-refractivity contribution in [2.24, 2.45) is 0 Å². The molecule has 0 bridgehead atoms. The van der Waals surface area contributed by atoms with Crippen molar-refractivity contribution >= 4 is 0 Å². The number of hydrogen-bond donors (Lipinski definition) is 0. The topological polar surface area (TPSA) is 53.5 Å². The monoisotopic (exact) mass is 226 g/mol. The zero-order chi connectivity index (χ0) is 11.8. The summed E-state index contributed by atoms with van der Waals surface area (Å²) < 4.78 is 15.6. The lowest BCUT2D eigenvalue weighted by Gasteiger charge is -2.12. The Bertz CT molecular complexity index is 303. The highest BCUT2D eigenvalue weighted by atomic mass is 16.7. The van der Waals surface area contributed by atoms with Gasteiger partial charge in [0, 0.05) is 27.0 Å². The minimum atomic E-state index is -0.451. The van der Waals surface area contributed by atoms with Gasteiger partial charge in [-0.25, -0.2) is 9.97 Å². The van der Waals surface area contributed by atoms with E-state index < -0.39 is 6.29 Å². The Labute approximate surface area is 95.8 Å². The molecule has 0 aliphatic rings. The summed E-state index contributed by atoms with van der Waals surface area (Å²) in [5.41, 5.74) is 0.704. The van der Waals surface area contributed by atoms with Crippen LogP contribution in [0.3, 0.4) is 0 Å². The van der Waals surface area contributed by atoms with E-state index in [1.54, 1.807) is 26.5 Å². The SMILES string of the molecule is CCCOCc1nccc(C(OC)OC)n1. The van der Waals surface area contributed by atoms with Crippen LogP contribution in [0.25, 0.3) is 0 Å². The molecule has 1 rings (SSSR count). The smallest absolute Gasteiger partial charge is 0.200 e. The molecule has 0 aromatic carbocycles. The lowest BCUT2D eigenvalue weighted by Crippen LogP contribution is -2.09. The second-order valence-corrected chi connectivity index (χ2v) is 3.25. The zero-order valence-corrected chi connectivity index (χ0v) is 9.97. The molecule has 0 spiro atoms. The fraction of sp³-hybridized carbons (Fsp3) is 0.636. The summed E-state index contributed by atoms with van der Waals surface area (Å²) in [4.78, 5) is 8.42. The van der Waals surface area contributed by atoms with Gasteiger partial charge >= 0.3 is 0 Å². The van der Waals surface area contributed by atoms with Crippen LogP contribution in [0.15, 0.2) is 12.3 Å². The predicted molar refractivity (Wildman–Crippen MR) is 58.7 cm³/mol. The molecule has 5 heteroatoms. The summed E-state index contributed by atoms with van der Waals surface area (Å²) >= 11 is 0. The third kappa shape index (κ3) is 3.84. The molecule has 0 aliphatic carbocycles. The molecule has 0 saturated carbocycles. The normalized spacial score (nSPS) is 11.0. The fourth-order valence-corrected chi connectivity index (χ4v) is 1.26. The molecule has 16 heavy (non-hydrogen) atoms. The molecular formula is C11H18N2O3. The van der Waals surface area contributed by atoms with Gasteiger partial charge < -0.3 is 14.2 Å². The summed E-state index contributed by atoms with van der Waals surface area (Å²) in [6, 6.07) is 1.76. The molecule has 1 heterocycles. The highest BCUT2D eigenvalue weighted by Crippen LogP contribution is 2.13. The van der Waals surface area contributed by atoms with Crippen molar-refractivity contribution in [3.8, 4) is 0 Å². The average molecular weight is 226 g/mol. The summed E-state index contributed by atoms with van der Waals surface area (Å²) in [6.45, 7) is 3.19. The van der Waals surface area contributed by atoms with Gasteiger partial charge in [-0.1, -0.05) is 6.92 Å². The Balaban J connectivity index is 2.62. The maximum atomic E-state index is 5.36. The highest BCUT2D eigenvalue weighted by molar-refractivity contribution is 5.03. The van der Waals surface area contributed by atoms with Gasteiger partial charge in [0.2, 0.25) is 6.29 Å². The van der Waals surface area contributed by atoms with Crippen LogP contribution >= 0.6 is 0 Å². The van der Waals surface area contributed by atoms with Gasteiger partial charge in [0.25, 0.3) is 0 Å².